The van der Waals surface area contributed by atoms with Gasteiger partial charge in [0.1, 0.15) is 41.2 Å². The Bertz CT molecular complexity index is 879. The molecule has 8 nitrogen and oxygen atoms in total. The number of hydrogen-bond acceptors (Lipinski definition) is 8. The Morgan fingerprint density at radius 3 is 1.85 bits per heavy atom. The van der Waals surface area contributed by atoms with Gasteiger partial charge in [-0.25, -0.2) is 0 Å². The summed E-state index contributed by atoms with van der Waals surface area (Å²) in [5, 5.41) is 0. The second-order valence-electron chi connectivity index (χ2n) is 7.53. The van der Waals surface area contributed by atoms with Crippen LogP contribution in [0.2, 0.25) is 0 Å². The molecule has 1 heterocycles. The summed E-state index contributed by atoms with van der Waals surface area (Å²) < 4.78 is 34.4. The van der Waals surface area contributed by atoms with Crippen LogP contribution in [0.4, 0.5) is 0 Å². The quantitative estimate of drug-likeness (QED) is 0.436. The molecule has 0 aromatic heterocycles. The van der Waals surface area contributed by atoms with Crippen molar-refractivity contribution in [1.82, 2.24) is 0 Å². The molecule has 9 heteroatoms. The highest BCUT2D eigenvalue weighted by Gasteiger charge is 2.50. The number of rotatable bonds is 10. The molecular formula is C24H27BrO8. The molecular weight excluding hydrogens is 496 g/mol. The molecule has 2 aromatic rings. The molecule has 1 aliphatic heterocycles. The van der Waals surface area contributed by atoms with Crippen molar-refractivity contribution in [1.29, 1.82) is 0 Å². The second-order valence-corrected chi connectivity index (χ2v) is 7.90. The van der Waals surface area contributed by atoms with Gasteiger partial charge in [0.2, 0.25) is 0 Å². The molecule has 0 unspecified atom stereocenters. The summed E-state index contributed by atoms with van der Waals surface area (Å²) in [5.41, 5.74) is 1.87. The highest BCUT2D eigenvalue weighted by molar-refractivity contribution is 9.06. The summed E-state index contributed by atoms with van der Waals surface area (Å²) in [4.78, 5) is 23.3. The van der Waals surface area contributed by atoms with Gasteiger partial charge in [-0.1, -0.05) is 60.7 Å². The monoisotopic (exact) mass is 522 g/mol. The Balaban J connectivity index is 1.86. The van der Waals surface area contributed by atoms with E-state index in [1.165, 1.54) is 13.8 Å². The number of ether oxygens (including phenoxy) is 5. The maximum Gasteiger partial charge on any atom is 0.303 e. The largest absolute Gasteiger partial charge is 0.463 e. The van der Waals surface area contributed by atoms with Crippen molar-refractivity contribution in [3.8, 4) is 0 Å². The van der Waals surface area contributed by atoms with E-state index in [4.69, 9.17) is 27.5 Å². The van der Waals surface area contributed by atoms with E-state index in [0.717, 1.165) is 11.1 Å². The fourth-order valence-corrected chi connectivity index (χ4v) is 3.82. The Hall–Kier alpha value is -2.30. The van der Waals surface area contributed by atoms with Crippen molar-refractivity contribution >= 4 is 28.2 Å². The molecule has 2 aromatic carbocycles. The third-order valence-corrected chi connectivity index (χ3v) is 5.37. The number of carbonyl (C=O) groups is 2. The molecule has 1 fully saturated rings. The minimum absolute atomic E-state index is 0.142. The third-order valence-electron chi connectivity index (χ3n) is 5.00. The fraction of sp³-hybridized carbons (Fsp3) is 0.417. The molecule has 1 aliphatic rings. The first-order chi connectivity index (χ1) is 16.0. The summed E-state index contributed by atoms with van der Waals surface area (Å²) in [6.07, 6.45) is -4.16. The Kier molecular flexibility index (Phi) is 9.83. The van der Waals surface area contributed by atoms with Crippen LogP contribution in [0, 0.1) is 0 Å². The summed E-state index contributed by atoms with van der Waals surface area (Å²) in [5.74, 6) is -1.01. The Morgan fingerprint density at radius 2 is 1.36 bits per heavy atom. The molecule has 0 bridgehead atoms. The van der Waals surface area contributed by atoms with E-state index in [9.17, 15) is 9.59 Å². The Labute approximate surface area is 201 Å². The molecule has 0 N–H and O–H groups in total. The van der Waals surface area contributed by atoms with Crippen LogP contribution >= 0.6 is 16.3 Å². The molecule has 0 amide bonds. The average Bonchev–Trinajstić information content (AvgIpc) is 2.82. The topological polar surface area (TPSA) is 89.5 Å². The van der Waals surface area contributed by atoms with Gasteiger partial charge in [-0.05, 0) is 11.1 Å². The lowest BCUT2D eigenvalue weighted by Gasteiger charge is -2.44. The molecule has 3 rings (SSSR count). The highest BCUT2D eigenvalue weighted by Crippen LogP contribution is 2.31. The Morgan fingerprint density at radius 1 is 0.818 bits per heavy atom. The van der Waals surface area contributed by atoms with E-state index in [-0.39, 0.29) is 19.8 Å². The number of carbonyl (C=O) groups excluding carboxylic acids is 2. The van der Waals surface area contributed by atoms with Gasteiger partial charge in [0.25, 0.3) is 0 Å². The fourth-order valence-electron chi connectivity index (χ4n) is 3.52. The molecule has 0 radical (unpaired) electrons. The predicted molar refractivity (Wildman–Crippen MR) is 121 cm³/mol. The van der Waals surface area contributed by atoms with Crippen molar-refractivity contribution in [2.75, 3.05) is 6.61 Å². The van der Waals surface area contributed by atoms with Gasteiger partial charge < -0.3 is 23.7 Å². The molecule has 0 aliphatic carbocycles. The van der Waals surface area contributed by atoms with Gasteiger partial charge >= 0.3 is 11.9 Å². The van der Waals surface area contributed by atoms with Crippen molar-refractivity contribution < 1.29 is 37.1 Å². The third kappa shape index (κ3) is 7.62. The van der Waals surface area contributed by atoms with Crippen LogP contribution in [-0.2, 0) is 50.3 Å². The van der Waals surface area contributed by atoms with Gasteiger partial charge in [0, 0.05) is 13.8 Å². The van der Waals surface area contributed by atoms with E-state index in [1.807, 2.05) is 60.7 Å². The average molecular weight is 523 g/mol. The standard InChI is InChI=1S/C24H27BrO8/c1-16(26)28-15-20-21(31-17(2)27)22(29-13-18-9-5-3-6-10-18)23(24(32-20)33-25)30-14-19-11-7-4-8-12-19/h3-12,20-24H,13-15H2,1-2H3/t20-,21-,22+,23+,24-/m1/s1. The van der Waals surface area contributed by atoms with Crippen molar-refractivity contribution in [3.63, 3.8) is 0 Å². The molecule has 0 saturated carbocycles. The van der Waals surface area contributed by atoms with Crippen molar-refractivity contribution in [2.45, 2.75) is 57.8 Å². The minimum atomic E-state index is -0.915. The number of esters is 2. The summed E-state index contributed by atoms with van der Waals surface area (Å²) in [7, 11) is 0. The zero-order valence-corrected chi connectivity index (χ0v) is 20.0. The maximum atomic E-state index is 11.9. The predicted octanol–water partition coefficient (Wildman–Crippen LogP) is 3.70. The first kappa shape index (κ1) is 25.3. The molecule has 1 saturated heterocycles. The van der Waals surface area contributed by atoms with Gasteiger partial charge in [-0.2, -0.15) is 0 Å². The summed E-state index contributed by atoms with van der Waals surface area (Å²) in [6, 6.07) is 19.2. The van der Waals surface area contributed by atoms with Crippen LogP contribution in [0.5, 0.6) is 0 Å². The molecule has 178 valence electrons. The van der Waals surface area contributed by atoms with Crippen LogP contribution in [0.1, 0.15) is 25.0 Å². The van der Waals surface area contributed by atoms with E-state index < -0.39 is 42.6 Å². The van der Waals surface area contributed by atoms with Crippen LogP contribution < -0.4 is 0 Å². The SMILES string of the molecule is CC(=O)OC[C@H]1O[C@H](OBr)[C@@H](OCc2ccccc2)[C@@H](OCc2ccccc2)[C@@H]1OC(C)=O. The van der Waals surface area contributed by atoms with Gasteiger partial charge in [0.15, 0.2) is 12.4 Å². The van der Waals surface area contributed by atoms with Crippen LogP contribution in [0.25, 0.3) is 0 Å². The lowest BCUT2D eigenvalue weighted by atomic mass is 9.98. The van der Waals surface area contributed by atoms with Crippen molar-refractivity contribution in [2.24, 2.45) is 0 Å². The first-order valence-corrected chi connectivity index (χ1v) is 11.2. The van der Waals surface area contributed by atoms with Gasteiger partial charge in [0.05, 0.1) is 13.2 Å². The van der Waals surface area contributed by atoms with E-state index >= 15 is 0 Å². The zero-order valence-electron chi connectivity index (χ0n) is 18.4. The second kappa shape index (κ2) is 12.8. The number of halogens is 1. The molecule has 0 spiro atoms. The zero-order chi connectivity index (χ0) is 23.6. The van der Waals surface area contributed by atoms with Gasteiger partial charge in [-0.3, -0.25) is 13.4 Å². The smallest absolute Gasteiger partial charge is 0.303 e. The summed E-state index contributed by atoms with van der Waals surface area (Å²) in [6.45, 7) is 2.94. The van der Waals surface area contributed by atoms with Crippen LogP contribution in [-0.4, -0.2) is 49.3 Å². The van der Waals surface area contributed by atoms with Crippen LogP contribution in [0.15, 0.2) is 60.7 Å². The minimum Gasteiger partial charge on any atom is -0.463 e. The molecule has 33 heavy (non-hydrogen) atoms. The summed E-state index contributed by atoms with van der Waals surface area (Å²) >= 11 is 3.00. The van der Waals surface area contributed by atoms with E-state index in [2.05, 4.69) is 16.3 Å². The normalized spacial score (nSPS) is 24.8. The van der Waals surface area contributed by atoms with Crippen molar-refractivity contribution in [3.05, 3.63) is 71.8 Å². The van der Waals surface area contributed by atoms with E-state index in [0.29, 0.717) is 0 Å². The van der Waals surface area contributed by atoms with Gasteiger partial charge in [-0.15, -0.1) is 0 Å². The lowest BCUT2D eigenvalue weighted by molar-refractivity contribution is -0.298. The van der Waals surface area contributed by atoms with Crippen LogP contribution in [0.3, 0.4) is 0 Å². The maximum absolute atomic E-state index is 11.9. The lowest BCUT2D eigenvalue weighted by Crippen LogP contribution is -2.61. The van der Waals surface area contributed by atoms with E-state index in [1.54, 1.807) is 0 Å². The first-order valence-electron chi connectivity index (χ1n) is 10.5. The number of benzene rings is 2. The highest BCUT2D eigenvalue weighted by atomic mass is 79.9. The number of hydrogen-bond donors (Lipinski definition) is 0. The molecule has 5 atom stereocenters.